The molecule has 2 rings (SSSR count). The minimum absolute atomic E-state index is 0.408. The quantitative estimate of drug-likeness (QED) is 0.817. The lowest BCUT2D eigenvalue weighted by Crippen LogP contribution is -2.21. The summed E-state index contributed by atoms with van der Waals surface area (Å²) >= 11 is 5.88. The van der Waals surface area contributed by atoms with Gasteiger partial charge in [-0.25, -0.2) is 4.98 Å². The predicted octanol–water partition coefficient (Wildman–Crippen LogP) is 4.17. The van der Waals surface area contributed by atoms with Crippen molar-refractivity contribution in [1.82, 2.24) is 4.98 Å². The van der Waals surface area contributed by atoms with Gasteiger partial charge in [0, 0.05) is 17.9 Å². The zero-order chi connectivity index (χ0) is 12.8. The first kappa shape index (κ1) is 12.9. The van der Waals surface area contributed by atoms with E-state index in [-0.39, 0.29) is 0 Å². The van der Waals surface area contributed by atoms with E-state index < -0.39 is 0 Å². The molecule has 0 aliphatic carbocycles. The van der Waals surface area contributed by atoms with Gasteiger partial charge in [0.25, 0.3) is 0 Å². The maximum absolute atomic E-state index is 5.88. The van der Waals surface area contributed by atoms with Crippen molar-refractivity contribution in [1.29, 1.82) is 0 Å². The second-order valence-corrected chi connectivity index (χ2v) is 4.69. The van der Waals surface area contributed by atoms with Gasteiger partial charge in [-0.3, -0.25) is 0 Å². The summed E-state index contributed by atoms with van der Waals surface area (Å²) in [7, 11) is 0. The summed E-state index contributed by atoms with van der Waals surface area (Å²) < 4.78 is 0. The third kappa shape index (κ3) is 3.74. The Morgan fingerprint density at radius 3 is 2.67 bits per heavy atom. The van der Waals surface area contributed by atoms with Gasteiger partial charge in [-0.2, -0.15) is 0 Å². The Bertz CT molecular complexity index is 485. The summed E-state index contributed by atoms with van der Waals surface area (Å²) in [6, 6.07) is 14.7. The molecule has 2 nitrogen and oxygen atoms in total. The summed E-state index contributed by atoms with van der Waals surface area (Å²) in [5, 5.41) is 4.02. The van der Waals surface area contributed by atoms with Crippen molar-refractivity contribution < 1.29 is 0 Å². The highest BCUT2D eigenvalue weighted by atomic mass is 35.5. The highest BCUT2D eigenvalue weighted by molar-refractivity contribution is 6.29. The number of hydrogen-bond donors (Lipinski definition) is 1. The molecule has 0 fully saturated rings. The lowest BCUT2D eigenvalue weighted by Gasteiger charge is -2.18. The highest BCUT2D eigenvalue weighted by Gasteiger charge is 2.07. The minimum atomic E-state index is 0.408. The number of pyridine rings is 1. The average molecular weight is 261 g/mol. The van der Waals surface area contributed by atoms with Crippen molar-refractivity contribution in [3.05, 3.63) is 59.4 Å². The molecule has 2 aromatic rings. The zero-order valence-corrected chi connectivity index (χ0v) is 11.2. The van der Waals surface area contributed by atoms with E-state index in [1.807, 2.05) is 18.2 Å². The normalized spacial score (nSPS) is 12.1. The Balaban J connectivity index is 2.01. The number of aromatic nitrogens is 1. The van der Waals surface area contributed by atoms with Gasteiger partial charge in [0.15, 0.2) is 0 Å². The van der Waals surface area contributed by atoms with Gasteiger partial charge in [-0.1, -0.05) is 48.9 Å². The lowest BCUT2D eigenvalue weighted by molar-refractivity contribution is 0.690. The summed E-state index contributed by atoms with van der Waals surface area (Å²) in [6.07, 6.45) is 3.80. The highest BCUT2D eigenvalue weighted by Crippen LogP contribution is 2.16. The van der Waals surface area contributed by atoms with Crippen molar-refractivity contribution in [3.8, 4) is 0 Å². The van der Waals surface area contributed by atoms with E-state index >= 15 is 0 Å². The number of benzene rings is 1. The van der Waals surface area contributed by atoms with Gasteiger partial charge in [-0.15, -0.1) is 0 Å². The molecule has 3 heteroatoms. The Morgan fingerprint density at radius 1 is 1.22 bits per heavy atom. The van der Waals surface area contributed by atoms with Crippen LogP contribution in [0.3, 0.4) is 0 Å². The molecular formula is C15H17ClN2. The van der Waals surface area contributed by atoms with Crippen LogP contribution >= 0.6 is 11.6 Å². The average Bonchev–Trinajstić information content (AvgIpc) is 2.39. The first-order valence-electron chi connectivity index (χ1n) is 6.20. The summed E-state index contributed by atoms with van der Waals surface area (Å²) in [4.78, 5) is 3.98. The predicted molar refractivity (Wildman–Crippen MR) is 77.1 cm³/mol. The molecule has 0 aliphatic rings. The zero-order valence-electron chi connectivity index (χ0n) is 10.4. The van der Waals surface area contributed by atoms with Crippen molar-refractivity contribution in [2.45, 2.75) is 25.8 Å². The van der Waals surface area contributed by atoms with E-state index in [1.165, 1.54) is 5.56 Å². The van der Waals surface area contributed by atoms with E-state index in [0.717, 1.165) is 18.5 Å². The van der Waals surface area contributed by atoms with Crippen molar-refractivity contribution >= 4 is 17.3 Å². The van der Waals surface area contributed by atoms with Gasteiger partial charge in [0.05, 0.1) is 0 Å². The molecule has 18 heavy (non-hydrogen) atoms. The standard InChI is InChI=1S/C15H17ClN2/c1-2-13(10-12-6-4-3-5-7-12)18-14-8-9-17-15(16)11-14/h3-9,11,13H,2,10H2,1H3,(H,17,18). The summed E-state index contributed by atoms with van der Waals surface area (Å²) in [5.74, 6) is 0. The Labute approximate surface area is 113 Å². The van der Waals surface area contributed by atoms with Crippen LogP contribution in [0.2, 0.25) is 5.15 Å². The lowest BCUT2D eigenvalue weighted by atomic mass is 10.0. The molecule has 0 spiro atoms. The van der Waals surface area contributed by atoms with E-state index in [9.17, 15) is 0 Å². The molecule has 0 bridgehead atoms. The first-order chi connectivity index (χ1) is 8.78. The van der Waals surface area contributed by atoms with Crippen molar-refractivity contribution in [2.24, 2.45) is 0 Å². The number of rotatable bonds is 5. The van der Waals surface area contributed by atoms with Gasteiger partial charge in [-0.05, 0) is 30.5 Å². The van der Waals surface area contributed by atoms with E-state index in [4.69, 9.17) is 11.6 Å². The molecule has 94 valence electrons. The second-order valence-electron chi connectivity index (χ2n) is 4.31. The maximum atomic E-state index is 5.88. The molecule has 0 saturated heterocycles. The van der Waals surface area contributed by atoms with Crippen LogP contribution in [-0.2, 0) is 6.42 Å². The van der Waals surface area contributed by atoms with Crippen molar-refractivity contribution in [2.75, 3.05) is 5.32 Å². The monoisotopic (exact) mass is 260 g/mol. The molecule has 0 radical (unpaired) electrons. The smallest absolute Gasteiger partial charge is 0.131 e. The molecule has 1 atom stereocenters. The van der Waals surface area contributed by atoms with Crippen LogP contribution in [0.4, 0.5) is 5.69 Å². The van der Waals surface area contributed by atoms with Crippen LogP contribution in [0.5, 0.6) is 0 Å². The largest absolute Gasteiger partial charge is 0.382 e. The van der Waals surface area contributed by atoms with Gasteiger partial charge >= 0.3 is 0 Å². The summed E-state index contributed by atoms with van der Waals surface area (Å²) in [6.45, 7) is 2.18. The fraction of sp³-hybridized carbons (Fsp3) is 0.267. The minimum Gasteiger partial charge on any atom is -0.382 e. The number of hydrogen-bond acceptors (Lipinski definition) is 2. The molecule has 0 aliphatic heterocycles. The maximum Gasteiger partial charge on any atom is 0.131 e. The first-order valence-corrected chi connectivity index (χ1v) is 6.57. The SMILES string of the molecule is CCC(Cc1ccccc1)Nc1ccnc(Cl)c1. The molecule has 1 heterocycles. The molecular weight excluding hydrogens is 244 g/mol. The number of halogens is 1. The molecule has 1 aromatic heterocycles. The van der Waals surface area contributed by atoms with Crippen LogP contribution in [0.25, 0.3) is 0 Å². The van der Waals surface area contributed by atoms with E-state index in [0.29, 0.717) is 11.2 Å². The molecule has 1 unspecified atom stereocenters. The van der Waals surface area contributed by atoms with Crippen LogP contribution in [-0.4, -0.2) is 11.0 Å². The molecule has 0 amide bonds. The summed E-state index contributed by atoms with van der Waals surface area (Å²) in [5.41, 5.74) is 2.37. The van der Waals surface area contributed by atoms with Crippen LogP contribution in [0.15, 0.2) is 48.7 Å². The number of anilines is 1. The number of nitrogens with zero attached hydrogens (tertiary/aromatic N) is 1. The van der Waals surface area contributed by atoms with Crippen molar-refractivity contribution in [3.63, 3.8) is 0 Å². The Hall–Kier alpha value is -1.54. The Kier molecular flexibility index (Phi) is 4.59. The molecule has 0 saturated carbocycles. The van der Waals surface area contributed by atoms with Crippen LogP contribution in [0, 0.1) is 0 Å². The molecule has 1 aromatic carbocycles. The number of nitrogens with one attached hydrogen (secondary N) is 1. The molecule has 1 N–H and O–H groups in total. The fourth-order valence-corrected chi connectivity index (χ4v) is 2.10. The van der Waals surface area contributed by atoms with E-state index in [1.54, 1.807) is 6.20 Å². The fourth-order valence-electron chi connectivity index (χ4n) is 1.92. The van der Waals surface area contributed by atoms with Gasteiger partial charge in [0.1, 0.15) is 5.15 Å². The van der Waals surface area contributed by atoms with Crippen LogP contribution < -0.4 is 5.32 Å². The van der Waals surface area contributed by atoms with Gasteiger partial charge < -0.3 is 5.32 Å². The third-order valence-electron chi connectivity index (χ3n) is 2.92. The third-order valence-corrected chi connectivity index (χ3v) is 3.12. The van der Waals surface area contributed by atoms with E-state index in [2.05, 4.69) is 41.5 Å². The Morgan fingerprint density at radius 2 is 2.00 bits per heavy atom. The second kappa shape index (κ2) is 6.41. The topological polar surface area (TPSA) is 24.9 Å². The van der Waals surface area contributed by atoms with Crippen LogP contribution in [0.1, 0.15) is 18.9 Å². The van der Waals surface area contributed by atoms with Gasteiger partial charge in [0.2, 0.25) is 0 Å².